The van der Waals surface area contributed by atoms with Crippen LogP contribution >= 0.6 is 0 Å². The number of carbonyl (C=O) groups excluding carboxylic acids is 3. The molecule has 2 aliphatic heterocycles. The van der Waals surface area contributed by atoms with E-state index in [1.807, 2.05) is 18.7 Å². The van der Waals surface area contributed by atoms with E-state index in [0.717, 1.165) is 5.57 Å². The maximum atomic E-state index is 15.0. The molecule has 0 spiro atoms. The summed E-state index contributed by atoms with van der Waals surface area (Å²) < 4.78 is 20.2. The number of hydrogen-bond acceptors (Lipinski definition) is 7. The number of ether oxygens (including phenoxy) is 1. The van der Waals surface area contributed by atoms with Crippen molar-refractivity contribution in [3.63, 3.8) is 0 Å². The van der Waals surface area contributed by atoms with Crippen molar-refractivity contribution >= 4 is 29.5 Å². The van der Waals surface area contributed by atoms with Gasteiger partial charge in [0, 0.05) is 62.2 Å². The second-order valence-electron chi connectivity index (χ2n) is 9.09. The molecule has 1 unspecified atom stereocenters. The van der Waals surface area contributed by atoms with Crippen LogP contribution in [0.4, 0.5) is 20.8 Å². The smallest absolute Gasteiger partial charge is 0.414 e. The van der Waals surface area contributed by atoms with E-state index < -0.39 is 23.9 Å². The molecule has 2 aromatic rings. The van der Waals surface area contributed by atoms with E-state index >= 15 is 0 Å². The van der Waals surface area contributed by atoms with Crippen LogP contribution in [-0.2, 0) is 14.3 Å². The number of primary amides is 1. The van der Waals surface area contributed by atoms with Crippen LogP contribution in [0.2, 0.25) is 0 Å². The number of allylic oxidation sites excluding steroid dienone is 1. The SMILES string of the molecule is CC(C)=CC(=O)N1CCN(c2ncc(-c3ccc(N4CC(CCC(N)=O)OC4=O)cc3F)cn2)CC1. The number of aromatic nitrogens is 2. The molecular weight excluding hydrogens is 467 g/mol. The Morgan fingerprint density at radius 1 is 1.17 bits per heavy atom. The van der Waals surface area contributed by atoms with E-state index in [0.29, 0.717) is 55.4 Å². The van der Waals surface area contributed by atoms with Crippen molar-refractivity contribution in [1.29, 1.82) is 0 Å². The van der Waals surface area contributed by atoms with Gasteiger partial charge in [-0.15, -0.1) is 0 Å². The van der Waals surface area contributed by atoms with Crippen LogP contribution in [0.3, 0.4) is 0 Å². The number of nitrogens with two attached hydrogens (primary N) is 1. The number of hydrogen-bond donors (Lipinski definition) is 1. The highest BCUT2D eigenvalue weighted by Gasteiger charge is 2.32. The zero-order valence-corrected chi connectivity index (χ0v) is 20.3. The molecule has 3 heterocycles. The summed E-state index contributed by atoms with van der Waals surface area (Å²) in [6.07, 6.45) is 4.13. The maximum Gasteiger partial charge on any atom is 0.414 e. The predicted octanol–water partition coefficient (Wildman–Crippen LogP) is 2.49. The molecule has 2 fully saturated rings. The molecule has 0 aliphatic carbocycles. The number of amides is 3. The Kier molecular flexibility index (Phi) is 7.47. The lowest BCUT2D eigenvalue weighted by Crippen LogP contribution is -2.48. The fraction of sp³-hybridized carbons (Fsp3) is 0.400. The summed E-state index contributed by atoms with van der Waals surface area (Å²) in [5.74, 6) is -0.464. The van der Waals surface area contributed by atoms with Crippen LogP contribution < -0.4 is 15.5 Å². The first-order valence-electron chi connectivity index (χ1n) is 11.8. The van der Waals surface area contributed by atoms with Crippen molar-refractivity contribution in [2.24, 2.45) is 5.73 Å². The molecule has 1 atom stereocenters. The lowest BCUT2D eigenvalue weighted by Gasteiger charge is -2.34. The van der Waals surface area contributed by atoms with Gasteiger partial charge in [-0.25, -0.2) is 19.2 Å². The van der Waals surface area contributed by atoms with Crippen LogP contribution in [0, 0.1) is 5.82 Å². The topological polar surface area (TPSA) is 122 Å². The fourth-order valence-electron chi connectivity index (χ4n) is 4.18. The van der Waals surface area contributed by atoms with E-state index in [9.17, 15) is 18.8 Å². The molecule has 0 saturated carbocycles. The minimum Gasteiger partial charge on any atom is -0.444 e. The number of cyclic esters (lactones) is 1. The van der Waals surface area contributed by atoms with Gasteiger partial charge >= 0.3 is 6.09 Å². The third kappa shape index (κ3) is 5.78. The van der Waals surface area contributed by atoms with Crippen LogP contribution in [0.15, 0.2) is 42.2 Å². The van der Waals surface area contributed by atoms with Crippen molar-refractivity contribution in [3.8, 4) is 11.1 Å². The molecule has 1 aromatic carbocycles. The third-order valence-electron chi connectivity index (χ3n) is 6.09. The molecule has 0 bridgehead atoms. The Balaban J connectivity index is 1.39. The zero-order chi connectivity index (χ0) is 25.8. The maximum absolute atomic E-state index is 15.0. The summed E-state index contributed by atoms with van der Waals surface area (Å²) in [5, 5.41) is 0. The van der Waals surface area contributed by atoms with Crippen LogP contribution in [0.25, 0.3) is 11.1 Å². The van der Waals surface area contributed by atoms with Crippen LogP contribution in [0.5, 0.6) is 0 Å². The lowest BCUT2D eigenvalue weighted by atomic mass is 10.1. The van der Waals surface area contributed by atoms with Gasteiger partial charge in [-0.3, -0.25) is 14.5 Å². The molecule has 11 heteroatoms. The number of rotatable bonds is 7. The summed E-state index contributed by atoms with van der Waals surface area (Å²) in [7, 11) is 0. The van der Waals surface area contributed by atoms with Crippen LogP contribution in [0.1, 0.15) is 26.7 Å². The van der Waals surface area contributed by atoms with Crippen molar-refractivity contribution in [3.05, 3.63) is 48.1 Å². The van der Waals surface area contributed by atoms with Gasteiger partial charge in [0.15, 0.2) is 0 Å². The molecule has 2 N–H and O–H groups in total. The summed E-state index contributed by atoms with van der Waals surface area (Å²) in [6, 6.07) is 4.47. The van der Waals surface area contributed by atoms with Crippen LogP contribution in [-0.4, -0.2) is 71.6 Å². The van der Waals surface area contributed by atoms with E-state index in [1.54, 1.807) is 35.5 Å². The van der Waals surface area contributed by atoms with E-state index in [4.69, 9.17) is 10.5 Å². The molecule has 10 nitrogen and oxygen atoms in total. The number of piperazine rings is 1. The number of nitrogens with zero attached hydrogens (tertiary/aromatic N) is 5. The van der Waals surface area contributed by atoms with E-state index in [-0.39, 0.29) is 18.9 Å². The predicted molar refractivity (Wildman–Crippen MR) is 132 cm³/mol. The van der Waals surface area contributed by atoms with Gasteiger partial charge in [0.2, 0.25) is 17.8 Å². The molecule has 4 rings (SSSR count). The molecule has 3 amide bonds. The molecule has 0 radical (unpaired) electrons. The van der Waals surface area contributed by atoms with Gasteiger partial charge in [-0.1, -0.05) is 5.57 Å². The lowest BCUT2D eigenvalue weighted by molar-refractivity contribution is -0.126. The molecular formula is C25H29FN6O4. The Hall–Kier alpha value is -4.02. The Labute approximate surface area is 208 Å². The standard InChI is InChI=1S/C25H29FN6O4/c1-16(2)11-23(34)30-7-9-31(10-8-30)24-28-13-17(14-29-24)20-5-3-18(12-21(20)26)32-15-19(36-25(32)35)4-6-22(27)33/h3,5,11-14,19H,4,6-10,15H2,1-2H3,(H2,27,33). The first kappa shape index (κ1) is 25.1. The van der Waals surface area contributed by atoms with Crippen molar-refractivity contribution in [2.75, 3.05) is 42.5 Å². The van der Waals surface area contributed by atoms with Gasteiger partial charge in [0.05, 0.1) is 12.2 Å². The molecule has 36 heavy (non-hydrogen) atoms. The molecule has 2 saturated heterocycles. The quantitative estimate of drug-likeness (QED) is 0.585. The second kappa shape index (κ2) is 10.7. The highest BCUT2D eigenvalue weighted by atomic mass is 19.1. The van der Waals surface area contributed by atoms with E-state index in [1.165, 1.54) is 11.0 Å². The number of halogens is 1. The van der Waals surface area contributed by atoms with Crippen molar-refractivity contribution in [2.45, 2.75) is 32.8 Å². The van der Waals surface area contributed by atoms with Gasteiger partial charge in [0.1, 0.15) is 11.9 Å². The molecule has 2 aliphatic rings. The van der Waals surface area contributed by atoms with Gasteiger partial charge < -0.3 is 20.3 Å². The monoisotopic (exact) mass is 496 g/mol. The summed E-state index contributed by atoms with van der Waals surface area (Å²) >= 11 is 0. The average Bonchev–Trinajstić information content (AvgIpc) is 3.23. The highest BCUT2D eigenvalue weighted by molar-refractivity contribution is 5.90. The number of anilines is 2. The normalized spacial score (nSPS) is 17.7. The summed E-state index contributed by atoms with van der Waals surface area (Å²) in [5.41, 5.74) is 7.29. The highest BCUT2D eigenvalue weighted by Crippen LogP contribution is 2.29. The minimum absolute atomic E-state index is 0.00760. The number of carbonyl (C=O) groups is 3. The first-order chi connectivity index (χ1) is 17.2. The average molecular weight is 497 g/mol. The minimum atomic E-state index is -0.591. The summed E-state index contributed by atoms with van der Waals surface area (Å²) in [4.78, 5) is 49.3. The Morgan fingerprint density at radius 2 is 1.86 bits per heavy atom. The summed E-state index contributed by atoms with van der Waals surface area (Å²) in [6.45, 7) is 6.37. The van der Waals surface area contributed by atoms with Gasteiger partial charge in [-0.05, 0) is 38.5 Å². The van der Waals surface area contributed by atoms with Gasteiger partial charge in [-0.2, -0.15) is 0 Å². The third-order valence-corrected chi connectivity index (χ3v) is 6.09. The first-order valence-corrected chi connectivity index (χ1v) is 11.8. The van der Waals surface area contributed by atoms with Crippen molar-refractivity contribution < 1.29 is 23.5 Å². The number of benzene rings is 1. The fourth-order valence-corrected chi connectivity index (χ4v) is 4.18. The molecule has 1 aromatic heterocycles. The largest absolute Gasteiger partial charge is 0.444 e. The van der Waals surface area contributed by atoms with Crippen molar-refractivity contribution in [1.82, 2.24) is 14.9 Å². The van der Waals surface area contributed by atoms with Gasteiger partial charge in [0.25, 0.3) is 0 Å². The van der Waals surface area contributed by atoms with E-state index in [2.05, 4.69) is 9.97 Å². The second-order valence-corrected chi connectivity index (χ2v) is 9.09. The Morgan fingerprint density at radius 3 is 2.47 bits per heavy atom. The molecule has 190 valence electrons. The zero-order valence-electron chi connectivity index (χ0n) is 20.3. The Bertz CT molecular complexity index is 1170.